The van der Waals surface area contributed by atoms with Crippen molar-refractivity contribution in [1.82, 2.24) is 9.80 Å². The van der Waals surface area contributed by atoms with Gasteiger partial charge in [0.2, 0.25) is 0 Å². The number of nitrogens with zero attached hydrogens (tertiary/aromatic N) is 3. The molecular weight excluding hydrogens is 176 g/mol. The molecule has 2 heterocycles. The molecule has 2 aliphatic rings. The van der Waals surface area contributed by atoms with Crippen LogP contribution in [0, 0.1) is 0 Å². The number of nitrogens with two attached hydrogens (primary N) is 1. The van der Waals surface area contributed by atoms with Crippen LogP contribution in [0.25, 0.3) is 0 Å². The van der Waals surface area contributed by atoms with Gasteiger partial charge in [-0.1, -0.05) is 0 Å². The van der Waals surface area contributed by atoms with Gasteiger partial charge >= 0.3 is 0 Å². The molecule has 0 saturated carbocycles. The minimum Gasteiger partial charge on any atom is -0.370 e. The minimum absolute atomic E-state index is 0.231. The quantitative estimate of drug-likeness (QED) is 0.598. The van der Waals surface area contributed by atoms with E-state index in [9.17, 15) is 0 Å². The van der Waals surface area contributed by atoms with Gasteiger partial charge in [-0.15, -0.1) is 0 Å². The first kappa shape index (κ1) is 9.77. The molecule has 4 heteroatoms. The number of rotatable bonds is 0. The van der Waals surface area contributed by atoms with Crippen molar-refractivity contribution in [2.24, 2.45) is 10.7 Å². The molecule has 2 N–H and O–H groups in total. The van der Waals surface area contributed by atoms with Crippen molar-refractivity contribution in [2.75, 3.05) is 33.7 Å². The fraction of sp³-hybridized carbons (Fsp3) is 0.900. The summed E-state index contributed by atoms with van der Waals surface area (Å²) in [6, 6.07) is 0. The van der Waals surface area contributed by atoms with Crippen LogP contribution >= 0.6 is 0 Å². The number of likely N-dealkylation sites (N-methyl/N-ethyl adjacent to an activating group) is 1. The van der Waals surface area contributed by atoms with Crippen molar-refractivity contribution >= 4 is 5.96 Å². The highest BCUT2D eigenvalue weighted by Crippen LogP contribution is 2.31. The molecule has 0 aromatic rings. The van der Waals surface area contributed by atoms with Gasteiger partial charge in [-0.2, -0.15) is 0 Å². The maximum Gasteiger partial charge on any atom is 0.191 e. The molecule has 2 rings (SSSR count). The zero-order valence-electron chi connectivity index (χ0n) is 9.16. The standard InChI is InChI=1S/C10H20N4/c1-13-6-3-4-10(5-7-13)8-12-9(11)14(10)2/h3-8H2,1-2H3,(H2,11,12). The molecule has 80 valence electrons. The highest BCUT2D eigenvalue weighted by Gasteiger charge is 2.40. The third-order valence-electron chi connectivity index (χ3n) is 3.73. The van der Waals surface area contributed by atoms with Crippen molar-refractivity contribution in [3.05, 3.63) is 0 Å². The minimum atomic E-state index is 0.231. The van der Waals surface area contributed by atoms with Crippen molar-refractivity contribution in [1.29, 1.82) is 0 Å². The Morgan fingerprint density at radius 2 is 2.07 bits per heavy atom. The van der Waals surface area contributed by atoms with E-state index in [-0.39, 0.29) is 5.54 Å². The van der Waals surface area contributed by atoms with Crippen LogP contribution in [-0.2, 0) is 0 Å². The highest BCUT2D eigenvalue weighted by molar-refractivity contribution is 5.80. The van der Waals surface area contributed by atoms with Gasteiger partial charge in [0, 0.05) is 13.6 Å². The summed E-state index contributed by atoms with van der Waals surface area (Å²) < 4.78 is 0. The number of hydrogen-bond acceptors (Lipinski definition) is 4. The van der Waals surface area contributed by atoms with Crippen LogP contribution in [0.2, 0.25) is 0 Å². The van der Waals surface area contributed by atoms with Crippen molar-refractivity contribution in [2.45, 2.75) is 24.8 Å². The topological polar surface area (TPSA) is 44.9 Å². The Kier molecular flexibility index (Phi) is 2.39. The molecule has 0 radical (unpaired) electrons. The second-order valence-electron chi connectivity index (χ2n) is 4.61. The lowest BCUT2D eigenvalue weighted by atomic mass is 9.90. The van der Waals surface area contributed by atoms with Gasteiger partial charge in [-0.05, 0) is 32.9 Å². The molecule has 0 amide bonds. The second kappa shape index (κ2) is 3.42. The van der Waals surface area contributed by atoms with Crippen molar-refractivity contribution in [3.63, 3.8) is 0 Å². The van der Waals surface area contributed by atoms with Crippen LogP contribution in [0.15, 0.2) is 4.99 Å². The SMILES string of the molecule is CN1CCCC2(CC1)CN=C(N)N2C. The van der Waals surface area contributed by atoms with Crippen LogP contribution in [0.5, 0.6) is 0 Å². The summed E-state index contributed by atoms with van der Waals surface area (Å²) in [5.74, 6) is 0.717. The van der Waals surface area contributed by atoms with Gasteiger partial charge in [0.05, 0.1) is 12.1 Å². The number of likely N-dealkylation sites (tertiary alicyclic amines) is 1. The summed E-state index contributed by atoms with van der Waals surface area (Å²) in [6.07, 6.45) is 3.66. The normalized spacial score (nSPS) is 34.7. The Bertz CT molecular complexity index is 251. The lowest BCUT2D eigenvalue weighted by Gasteiger charge is -2.35. The molecule has 1 saturated heterocycles. The Labute approximate surface area is 85.8 Å². The predicted molar refractivity (Wildman–Crippen MR) is 58.3 cm³/mol. The fourth-order valence-electron chi connectivity index (χ4n) is 2.49. The van der Waals surface area contributed by atoms with Gasteiger partial charge in [-0.25, -0.2) is 0 Å². The summed E-state index contributed by atoms with van der Waals surface area (Å²) in [5, 5.41) is 0. The molecule has 1 atom stereocenters. The Morgan fingerprint density at radius 3 is 2.71 bits per heavy atom. The first-order valence-electron chi connectivity index (χ1n) is 5.36. The summed E-state index contributed by atoms with van der Waals surface area (Å²) in [5.41, 5.74) is 6.06. The Balaban J connectivity index is 2.10. The third-order valence-corrected chi connectivity index (χ3v) is 3.73. The molecule has 1 fully saturated rings. The van der Waals surface area contributed by atoms with Crippen LogP contribution in [0.1, 0.15) is 19.3 Å². The summed E-state index contributed by atoms with van der Waals surface area (Å²) in [6.45, 7) is 3.26. The molecule has 1 unspecified atom stereocenters. The first-order valence-corrected chi connectivity index (χ1v) is 5.36. The lowest BCUT2D eigenvalue weighted by Crippen LogP contribution is -2.49. The average molecular weight is 196 g/mol. The summed E-state index contributed by atoms with van der Waals surface area (Å²) >= 11 is 0. The van der Waals surface area contributed by atoms with Crippen LogP contribution in [0.4, 0.5) is 0 Å². The molecule has 14 heavy (non-hydrogen) atoms. The molecule has 0 aromatic heterocycles. The Morgan fingerprint density at radius 1 is 1.29 bits per heavy atom. The van der Waals surface area contributed by atoms with E-state index in [1.165, 1.54) is 25.8 Å². The van der Waals surface area contributed by atoms with Crippen LogP contribution < -0.4 is 5.73 Å². The van der Waals surface area contributed by atoms with E-state index in [1.54, 1.807) is 0 Å². The number of hydrogen-bond donors (Lipinski definition) is 1. The zero-order valence-corrected chi connectivity index (χ0v) is 9.16. The monoisotopic (exact) mass is 196 g/mol. The maximum atomic E-state index is 5.83. The molecular formula is C10H20N4. The van der Waals surface area contributed by atoms with Crippen molar-refractivity contribution < 1.29 is 0 Å². The van der Waals surface area contributed by atoms with Crippen molar-refractivity contribution in [3.8, 4) is 0 Å². The average Bonchev–Trinajstić information content (AvgIpc) is 2.38. The summed E-state index contributed by atoms with van der Waals surface area (Å²) in [4.78, 5) is 8.95. The molecule has 2 aliphatic heterocycles. The van der Waals surface area contributed by atoms with E-state index in [4.69, 9.17) is 5.73 Å². The molecule has 1 spiro atoms. The Hall–Kier alpha value is -0.770. The predicted octanol–water partition coefficient (Wildman–Crippen LogP) is 0.101. The van der Waals surface area contributed by atoms with Gasteiger partial charge in [0.1, 0.15) is 0 Å². The lowest BCUT2D eigenvalue weighted by molar-refractivity contribution is 0.204. The van der Waals surface area contributed by atoms with Crippen LogP contribution in [-0.4, -0.2) is 55.0 Å². The first-order chi connectivity index (χ1) is 6.64. The van der Waals surface area contributed by atoms with E-state index < -0.39 is 0 Å². The number of guanidine groups is 1. The smallest absolute Gasteiger partial charge is 0.191 e. The van der Waals surface area contributed by atoms with Gasteiger partial charge in [-0.3, -0.25) is 4.99 Å². The van der Waals surface area contributed by atoms with E-state index in [2.05, 4.69) is 28.9 Å². The second-order valence-corrected chi connectivity index (χ2v) is 4.61. The van der Waals surface area contributed by atoms with E-state index in [0.29, 0.717) is 0 Å². The van der Waals surface area contributed by atoms with E-state index in [0.717, 1.165) is 19.0 Å². The summed E-state index contributed by atoms with van der Waals surface area (Å²) in [7, 11) is 4.27. The maximum absolute atomic E-state index is 5.83. The molecule has 4 nitrogen and oxygen atoms in total. The number of aliphatic imine (C=N–C) groups is 1. The van der Waals surface area contributed by atoms with Gasteiger partial charge < -0.3 is 15.5 Å². The van der Waals surface area contributed by atoms with E-state index in [1.807, 2.05) is 0 Å². The molecule has 0 bridgehead atoms. The third kappa shape index (κ3) is 1.47. The fourth-order valence-corrected chi connectivity index (χ4v) is 2.49. The largest absolute Gasteiger partial charge is 0.370 e. The van der Waals surface area contributed by atoms with E-state index >= 15 is 0 Å². The zero-order chi connectivity index (χ0) is 10.2. The molecule has 0 aliphatic carbocycles. The van der Waals surface area contributed by atoms with Gasteiger partial charge in [0.15, 0.2) is 5.96 Å². The highest BCUT2D eigenvalue weighted by atomic mass is 15.3. The van der Waals surface area contributed by atoms with Gasteiger partial charge in [0.25, 0.3) is 0 Å². The molecule has 0 aromatic carbocycles. The van der Waals surface area contributed by atoms with Crippen LogP contribution in [0.3, 0.4) is 0 Å².